The lowest BCUT2D eigenvalue weighted by molar-refractivity contribution is -0.884. The summed E-state index contributed by atoms with van der Waals surface area (Å²) in [5.41, 5.74) is -0.771. The number of hydrogen-bond donors (Lipinski definition) is 0. The SMILES string of the molecule is C[N+](C)(C)Cc1cc(C(F)(F)F)cc(CF)n1. The molecule has 1 aromatic rings. The Morgan fingerprint density at radius 2 is 1.65 bits per heavy atom. The van der Waals surface area contributed by atoms with Crippen LogP contribution in [-0.4, -0.2) is 30.6 Å². The highest BCUT2D eigenvalue weighted by molar-refractivity contribution is 5.23. The Balaban J connectivity index is 3.15. The Kier molecular flexibility index (Phi) is 3.76. The zero-order chi connectivity index (χ0) is 13.3. The molecule has 0 fully saturated rings. The molecule has 2 nitrogen and oxygen atoms in total. The Hall–Kier alpha value is -1.17. The molecule has 0 radical (unpaired) electrons. The van der Waals surface area contributed by atoms with Crippen molar-refractivity contribution in [3.8, 4) is 0 Å². The van der Waals surface area contributed by atoms with Crippen molar-refractivity contribution in [1.29, 1.82) is 0 Å². The van der Waals surface area contributed by atoms with Gasteiger partial charge in [0, 0.05) is 0 Å². The van der Waals surface area contributed by atoms with E-state index in [-0.39, 0.29) is 11.4 Å². The third-order valence-corrected chi connectivity index (χ3v) is 2.03. The molecule has 0 saturated heterocycles. The average Bonchev–Trinajstić information content (AvgIpc) is 2.13. The molecule has 1 heterocycles. The van der Waals surface area contributed by atoms with Crippen LogP contribution in [0.15, 0.2) is 12.1 Å². The standard InChI is InChI=1S/C11H15F4N2/c1-17(2,3)7-10-5-8(11(13,14)15)4-9(6-12)16-10/h4-5H,6-7H2,1-3H3/q+1. The molecule has 17 heavy (non-hydrogen) atoms. The Bertz CT molecular complexity index is 393. The molecule has 0 saturated carbocycles. The minimum absolute atomic E-state index is 0.178. The third-order valence-electron chi connectivity index (χ3n) is 2.03. The summed E-state index contributed by atoms with van der Waals surface area (Å²) < 4.78 is 50.6. The molecule has 0 spiro atoms. The summed E-state index contributed by atoms with van der Waals surface area (Å²) in [5, 5.41) is 0. The first-order chi connectivity index (χ1) is 7.62. The molecule has 1 rings (SSSR count). The number of nitrogens with zero attached hydrogens (tertiary/aromatic N) is 2. The third kappa shape index (κ3) is 4.30. The van der Waals surface area contributed by atoms with E-state index in [2.05, 4.69) is 4.98 Å². The predicted octanol–water partition coefficient (Wildman–Crippen LogP) is 2.78. The Labute approximate surface area is 97.5 Å². The maximum Gasteiger partial charge on any atom is 0.416 e. The summed E-state index contributed by atoms with van der Waals surface area (Å²) in [4.78, 5) is 3.86. The van der Waals surface area contributed by atoms with Crippen LogP contribution < -0.4 is 0 Å². The highest BCUT2D eigenvalue weighted by atomic mass is 19.4. The van der Waals surface area contributed by atoms with Crippen LogP contribution in [-0.2, 0) is 19.4 Å². The fourth-order valence-electron chi connectivity index (χ4n) is 1.45. The summed E-state index contributed by atoms with van der Waals surface area (Å²) in [7, 11) is 5.49. The maximum absolute atomic E-state index is 12.6. The zero-order valence-electron chi connectivity index (χ0n) is 9.98. The normalized spacial score (nSPS) is 12.9. The smallest absolute Gasteiger partial charge is 0.326 e. The van der Waals surface area contributed by atoms with Crippen LogP contribution in [0.1, 0.15) is 17.0 Å². The maximum atomic E-state index is 12.6. The van der Waals surface area contributed by atoms with Crippen molar-refractivity contribution in [2.75, 3.05) is 21.1 Å². The molecule has 0 aliphatic rings. The van der Waals surface area contributed by atoms with Gasteiger partial charge in [0.25, 0.3) is 0 Å². The zero-order valence-corrected chi connectivity index (χ0v) is 9.98. The summed E-state index contributed by atoms with van der Waals surface area (Å²) in [6.07, 6.45) is -4.47. The van der Waals surface area contributed by atoms with E-state index in [4.69, 9.17) is 0 Å². The van der Waals surface area contributed by atoms with E-state index in [1.54, 1.807) is 0 Å². The van der Waals surface area contributed by atoms with Gasteiger partial charge < -0.3 is 4.48 Å². The van der Waals surface area contributed by atoms with Crippen LogP contribution in [0, 0.1) is 0 Å². The number of halogens is 4. The first kappa shape index (κ1) is 13.9. The van der Waals surface area contributed by atoms with Gasteiger partial charge in [-0.15, -0.1) is 0 Å². The van der Waals surface area contributed by atoms with E-state index >= 15 is 0 Å². The van der Waals surface area contributed by atoms with Gasteiger partial charge in [0.1, 0.15) is 13.2 Å². The topological polar surface area (TPSA) is 12.9 Å². The van der Waals surface area contributed by atoms with E-state index in [1.165, 1.54) is 0 Å². The van der Waals surface area contributed by atoms with Gasteiger partial charge in [-0.05, 0) is 12.1 Å². The van der Waals surface area contributed by atoms with Crippen molar-refractivity contribution in [1.82, 2.24) is 4.98 Å². The second-order valence-electron chi connectivity index (χ2n) is 4.92. The first-order valence-electron chi connectivity index (χ1n) is 5.05. The van der Waals surface area contributed by atoms with Crippen molar-refractivity contribution < 1.29 is 22.0 Å². The second kappa shape index (κ2) is 4.60. The molecule has 0 aromatic carbocycles. The molecule has 1 aromatic heterocycles. The fraction of sp³-hybridized carbons (Fsp3) is 0.545. The highest BCUT2D eigenvalue weighted by Crippen LogP contribution is 2.30. The van der Waals surface area contributed by atoms with Gasteiger partial charge in [0.15, 0.2) is 0 Å². The largest absolute Gasteiger partial charge is 0.416 e. The van der Waals surface area contributed by atoms with E-state index in [0.29, 0.717) is 11.0 Å². The van der Waals surface area contributed by atoms with Gasteiger partial charge in [-0.1, -0.05) is 0 Å². The van der Waals surface area contributed by atoms with Crippen molar-refractivity contribution in [2.24, 2.45) is 0 Å². The van der Waals surface area contributed by atoms with E-state index in [0.717, 1.165) is 12.1 Å². The van der Waals surface area contributed by atoms with E-state index in [1.807, 2.05) is 21.1 Å². The molecule has 0 unspecified atom stereocenters. The molecule has 0 bridgehead atoms. The van der Waals surface area contributed by atoms with Crippen molar-refractivity contribution >= 4 is 0 Å². The van der Waals surface area contributed by atoms with Gasteiger partial charge in [0.05, 0.1) is 38.1 Å². The van der Waals surface area contributed by atoms with Gasteiger partial charge in [-0.3, -0.25) is 0 Å². The van der Waals surface area contributed by atoms with Crippen LogP contribution in [0.3, 0.4) is 0 Å². The van der Waals surface area contributed by atoms with Crippen molar-refractivity contribution in [3.63, 3.8) is 0 Å². The lowest BCUT2D eigenvalue weighted by Gasteiger charge is -2.23. The van der Waals surface area contributed by atoms with Gasteiger partial charge in [0.2, 0.25) is 0 Å². The summed E-state index contributed by atoms with van der Waals surface area (Å²) in [6, 6.07) is 1.72. The average molecular weight is 251 g/mol. The highest BCUT2D eigenvalue weighted by Gasteiger charge is 2.32. The van der Waals surface area contributed by atoms with Crippen LogP contribution >= 0.6 is 0 Å². The molecule has 6 heteroatoms. The number of hydrogen-bond acceptors (Lipinski definition) is 1. The second-order valence-corrected chi connectivity index (χ2v) is 4.92. The molecule has 0 N–H and O–H groups in total. The van der Waals surface area contributed by atoms with Gasteiger partial charge in [-0.25, -0.2) is 9.37 Å². The van der Waals surface area contributed by atoms with Crippen LogP contribution in [0.5, 0.6) is 0 Å². The summed E-state index contributed by atoms with van der Waals surface area (Å²) in [5.74, 6) is 0. The molecule has 0 atom stereocenters. The molecule has 0 amide bonds. The molecule has 0 aliphatic carbocycles. The van der Waals surface area contributed by atoms with Gasteiger partial charge in [-0.2, -0.15) is 13.2 Å². The minimum atomic E-state index is -4.47. The number of aromatic nitrogens is 1. The number of alkyl halides is 4. The minimum Gasteiger partial charge on any atom is -0.326 e. The first-order valence-corrected chi connectivity index (χ1v) is 5.05. The van der Waals surface area contributed by atoms with E-state index in [9.17, 15) is 17.6 Å². The van der Waals surface area contributed by atoms with Crippen LogP contribution in [0.4, 0.5) is 17.6 Å². The predicted molar refractivity (Wildman–Crippen MR) is 55.8 cm³/mol. The number of pyridine rings is 1. The van der Waals surface area contributed by atoms with Crippen molar-refractivity contribution in [3.05, 3.63) is 29.1 Å². The van der Waals surface area contributed by atoms with Crippen LogP contribution in [0.2, 0.25) is 0 Å². The van der Waals surface area contributed by atoms with Crippen LogP contribution in [0.25, 0.3) is 0 Å². The van der Waals surface area contributed by atoms with E-state index < -0.39 is 18.4 Å². The summed E-state index contributed by atoms with van der Waals surface area (Å²) >= 11 is 0. The lowest BCUT2D eigenvalue weighted by Crippen LogP contribution is -2.34. The molecule has 96 valence electrons. The number of rotatable bonds is 3. The Morgan fingerprint density at radius 1 is 1.12 bits per heavy atom. The number of quaternary nitrogens is 1. The molecular formula is C11H15F4N2+. The quantitative estimate of drug-likeness (QED) is 0.594. The Morgan fingerprint density at radius 3 is 2.06 bits per heavy atom. The van der Waals surface area contributed by atoms with Gasteiger partial charge >= 0.3 is 6.18 Å². The molecule has 0 aliphatic heterocycles. The molecular weight excluding hydrogens is 236 g/mol. The fourth-order valence-corrected chi connectivity index (χ4v) is 1.45. The monoisotopic (exact) mass is 251 g/mol. The lowest BCUT2D eigenvalue weighted by atomic mass is 10.1. The van der Waals surface area contributed by atoms with Crippen molar-refractivity contribution in [2.45, 2.75) is 19.4 Å². The summed E-state index contributed by atoms with van der Waals surface area (Å²) in [6.45, 7) is -0.676.